The van der Waals surface area contributed by atoms with Gasteiger partial charge in [-0.1, -0.05) is 12.1 Å². The molecular formula is C24H21BrN2O6. The van der Waals surface area contributed by atoms with Gasteiger partial charge in [0, 0.05) is 5.69 Å². The fourth-order valence-electron chi connectivity index (χ4n) is 2.75. The maximum atomic E-state index is 13.0. The number of amides is 2. The van der Waals surface area contributed by atoms with Crippen LogP contribution in [-0.2, 0) is 9.53 Å². The molecule has 8 nitrogen and oxygen atoms in total. The lowest BCUT2D eigenvalue weighted by atomic mass is 10.1. The van der Waals surface area contributed by atoms with Gasteiger partial charge in [-0.2, -0.15) is 0 Å². The standard InChI is InChI=1S/C24H21BrN2O6/c1-3-32-24(30)16-6-8-17(9-7-16)26-22(28)19(14-15-4-10-18(31-2)11-5-15)27-23(29)20-12-13-21(25)33-20/h4-14H,3H2,1-2H3,(H,26,28)(H,27,29). The van der Waals surface area contributed by atoms with Crippen LogP contribution < -0.4 is 15.4 Å². The van der Waals surface area contributed by atoms with E-state index in [0.29, 0.717) is 27.2 Å². The third-order valence-electron chi connectivity index (χ3n) is 4.37. The first kappa shape index (κ1) is 23.8. The van der Waals surface area contributed by atoms with Gasteiger partial charge in [0.15, 0.2) is 10.4 Å². The number of benzene rings is 2. The van der Waals surface area contributed by atoms with Crippen molar-refractivity contribution >= 4 is 45.5 Å². The number of hydrogen-bond acceptors (Lipinski definition) is 6. The number of furan rings is 1. The summed E-state index contributed by atoms with van der Waals surface area (Å²) in [6, 6.07) is 16.2. The number of halogens is 1. The van der Waals surface area contributed by atoms with Crippen molar-refractivity contribution in [1.82, 2.24) is 5.32 Å². The highest BCUT2D eigenvalue weighted by Gasteiger charge is 2.18. The molecule has 0 saturated carbocycles. The van der Waals surface area contributed by atoms with Crippen LogP contribution in [0.1, 0.15) is 33.4 Å². The van der Waals surface area contributed by atoms with E-state index in [2.05, 4.69) is 26.6 Å². The lowest BCUT2D eigenvalue weighted by molar-refractivity contribution is -0.113. The highest BCUT2D eigenvalue weighted by atomic mass is 79.9. The van der Waals surface area contributed by atoms with Crippen molar-refractivity contribution in [1.29, 1.82) is 0 Å². The van der Waals surface area contributed by atoms with E-state index in [4.69, 9.17) is 13.9 Å². The number of anilines is 1. The highest BCUT2D eigenvalue weighted by molar-refractivity contribution is 9.10. The van der Waals surface area contributed by atoms with Crippen LogP contribution in [0, 0.1) is 0 Å². The number of carbonyl (C=O) groups is 3. The SMILES string of the molecule is CCOC(=O)c1ccc(NC(=O)C(=Cc2ccc(OC)cc2)NC(=O)c2ccc(Br)o2)cc1. The quantitative estimate of drug-likeness (QED) is 0.336. The minimum atomic E-state index is -0.590. The Morgan fingerprint density at radius 3 is 2.27 bits per heavy atom. The number of hydrogen-bond donors (Lipinski definition) is 2. The highest BCUT2D eigenvalue weighted by Crippen LogP contribution is 2.17. The molecule has 33 heavy (non-hydrogen) atoms. The van der Waals surface area contributed by atoms with E-state index in [1.807, 2.05) is 0 Å². The normalized spacial score (nSPS) is 10.9. The van der Waals surface area contributed by atoms with Gasteiger partial charge in [0.1, 0.15) is 11.4 Å². The minimum absolute atomic E-state index is 0.00726. The molecule has 3 rings (SSSR count). The summed E-state index contributed by atoms with van der Waals surface area (Å²) in [5.41, 5.74) is 1.45. The van der Waals surface area contributed by atoms with Crippen molar-refractivity contribution in [3.05, 3.63) is 87.9 Å². The Morgan fingerprint density at radius 2 is 1.70 bits per heavy atom. The van der Waals surface area contributed by atoms with Crippen molar-refractivity contribution in [2.75, 3.05) is 19.0 Å². The van der Waals surface area contributed by atoms with Crippen LogP contribution in [0.15, 0.2) is 75.4 Å². The number of methoxy groups -OCH3 is 1. The number of ether oxygens (including phenoxy) is 2. The van der Waals surface area contributed by atoms with Crippen LogP contribution in [0.3, 0.4) is 0 Å². The van der Waals surface area contributed by atoms with Gasteiger partial charge in [-0.25, -0.2) is 4.79 Å². The molecule has 0 radical (unpaired) electrons. The van der Waals surface area contributed by atoms with E-state index in [1.165, 1.54) is 12.1 Å². The van der Waals surface area contributed by atoms with Gasteiger partial charge in [-0.15, -0.1) is 0 Å². The minimum Gasteiger partial charge on any atom is -0.497 e. The Kier molecular flexibility index (Phi) is 8.04. The lowest BCUT2D eigenvalue weighted by Gasteiger charge is -2.11. The van der Waals surface area contributed by atoms with Crippen LogP contribution in [0.2, 0.25) is 0 Å². The second kappa shape index (κ2) is 11.1. The summed E-state index contributed by atoms with van der Waals surface area (Å²) in [6.45, 7) is 1.99. The molecule has 0 fully saturated rings. The van der Waals surface area contributed by atoms with Crippen molar-refractivity contribution < 1.29 is 28.3 Å². The van der Waals surface area contributed by atoms with Gasteiger partial charge >= 0.3 is 5.97 Å². The lowest BCUT2D eigenvalue weighted by Crippen LogP contribution is -2.30. The molecule has 2 amide bonds. The molecular weight excluding hydrogens is 492 g/mol. The van der Waals surface area contributed by atoms with Crippen molar-refractivity contribution in [3.63, 3.8) is 0 Å². The Hall–Kier alpha value is -3.85. The first-order valence-electron chi connectivity index (χ1n) is 9.90. The zero-order valence-electron chi connectivity index (χ0n) is 17.9. The molecule has 0 bridgehead atoms. The van der Waals surface area contributed by atoms with E-state index >= 15 is 0 Å². The fraction of sp³-hybridized carbons (Fsp3) is 0.125. The van der Waals surface area contributed by atoms with E-state index in [0.717, 1.165) is 0 Å². The molecule has 2 N–H and O–H groups in total. The molecule has 0 aliphatic rings. The summed E-state index contributed by atoms with van der Waals surface area (Å²) in [5, 5.41) is 5.29. The maximum Gasteiger partial charge on any atom is 0.338 e. The van der Waals surface area contributed by atoms with Crippen LogP contribution in [0.25, 0.3) is 6.08 Å². The van der Waals surface area contributed by atoms with E-state index in [-0.39, 0.29) is 18.1 Å². The summed E-state index contributed by atoms with van der Waals surface area (Å²) in [6.07, 6.45) is 1.53. The number of carbonyl (C=O) groups excluding carboxylic acids is 3. The van der Waals surface area contributed by atoms with Crippen molar-refractivity contribution in [2.24, 2.45) is 0 Å². The van der Waals surface area contributed by atoms with Gasteiger partial charge in [-0.05, 0) is 83.0 Å². The Balaban J connectivity index is 1.82. The molecule has 170 valence electrons. The predicted molar refractivity (Wildman–Crippen MR) is 126 cm³/mol. The molecule has 1 heterocycles. The zero-order chi connectivity index (χ0) is 23.8. The monoisotopic (exact) mass is 512 g/mol. The van der Waals surface area contributed by atoms with Gasteiger partial charge in [0.05, 0.1) is 19.3 Å². The summed E-state index contributed by atoms with van der Waals surface area (Å²) in [7, 11) is 1.55. The maximum absolute atomic E-state index is 13.0. The molecule has 1 aromatic heterocycles. The summed E-state index contributed by atoms with van der Waals surface area (Å²) >= 11 is 3.15. The number of nitrogens with one attached hydrogen (secondary N) is 2. The summed E-state index contributed by atoms with van der Waals surface area (Å²) in [4.78, 5) is 37.4. The first-order chi connectivity index (χ1) is 15.9. The molecule has 2 aromatic carbocycles. The van der Waals surface area contributed by atoms with Gasteiger partial charge in [0.25, 0.3) is 11.8 Å². The second-order valence-electron chi connectivity index (χ2n) is 6.64. The average molecular weight is 513 g/mol. The fourth-order valence-corrected chi connectivity index (χ4v) is 3.05. The smallest absolute Gasteiger partial charge is 0.338 e. The van der Waals surface area contributed by atoms with Crippen molar-refractivity contribution in [3.8, 4) is 5.75 Å². The molecule has 0 saturated heterocycles. The molecule has 0 unspecified atom stereocenters. The molecule has 0 atom stereocenters. The summed E-state index contributed by atoms with van der Waals surface area (Å²) in [5.74, 6) is -0.910. The zero-order valence-corrected chi connectivity index (χ0v) is 19.5. The Labute approximate surface area is 198 Å². The molecule has 0 aliphatic carbocycles. The Morgan fingerprint density at radius 1 is 1.00 bits per heavy atom. The van der Waals surface area contributed by atoms with Crippen LogP contribution in [0.4, 0.5) is 5.69 Å². The average Bonchev–Trinajstić information content (AvgIpc) is 3.26. The van der Waals surface area contributed by atoms with Gasteiger partial charge < -0.3 is 24.5 Å². The summed E-state index contributed by atoms with van der Waals surface area (Å²) < 4.78 is 15.8. The van der Waals surface area contributed by atoms with Gasteiger partial charge in [0.2, 0.25) is 0 Å². The van der Waals surface area contributed by atoms with Gasteiger partial charge in [-0.3, -0.25) is 9.59 Å². The van der Waals surface area contributed by atoms with E-state index in [1.54, 1.807) is 68.6 Å². The third-order valence-corrected chi connectivity index (χ3v) is 4.80. The topological polar surface area (TPSA) is 107 Å². The Bertz CT molecular complexity index is 1170. The van der Waals surface area contributed by atoms with E-state index in [9.17, 15) is 14.4 Å². The van der Waals surface area contributed by atoms with Crippen LogP contribution >= 0.6 is 15.9 Å². The molecule has 0 spiro atoms. The number of esters is 1. The predicted octanol–water partition coefficient (Wildman–Crippen LogP) is 4.64. The second-order valence-corrected chi connectivity index (χ2v) is 7.42. The largest absolute Gasteiger partial charge is 0.497 e. The van der Waals surface area contributed by atoms with Crippen LogP contribution in [0.5, 0.6) is 5.75 Å². The first-order valence-corrected chi connectivity index (χ1v) is 10.7. The van der Waals surface area contributed by atoms with Crippen LogP contribution in [-0.4, -0.2) is 31.5 Å². The molecule has 9 heteroatoms. The van der Waals surface area contributed by atoms with E-state index < -0.39 is 17.8 Å². The molecule has 3 aromatic rings. The molecule has 0 aliphatic heterocycles. The third kappa shape index (κ3) is 6.56. The van der Waals surface area contributed by atoms with Crippen molar-refractivity contribution in [2.45, 2.75) is 6.92 Å². The number of rotatable bonds is 8.